The maximum atomic E-state index is 12.9. The predicted molar refractivity (Wildman–Crippen MR) is 35.4 cm³/mol. The van der Waals surface area contributed by atoms with E-state index in [1.807, 2.05) is 0 Å². The largest absolute Gasteiger partial charge is 0.476 e. The summed E-state index contributed by atoms with van der Waals surface area (Å²) in [6, 6.07) is 0. The molecule has 0 unspecified atom stereocenters. The fourth-order valence-corrected chi connectivity index (χ4v) is 0.800. The van der Waals surface area contributed by atoms with Crippen LogP contribution in [0.25, 0.3) is 0 Å². The third-order valence-corrected chi connectivity index (χ3v) is 1.52. The Morgan fingerprint density at radius 2 is 2.00 bits per heavy atom. The molecule has 0 saturated heterocycles. The molecule has 0 bridgehead atoms. The van der Waals surface area contributed by atoms with Crippen molar-refractivity contribution in [3.8, 4) is 0 Å². The second-order valence-electron chi connectivity index (χ2n) is 2.49. The molecule has 0 fully saturated rings. The Kier molecular flexibility index (Phi) is 2.65. The van der Waals surface area contributed by atoms with Crippen LogP contribution in [-0.2, 0) is 5.92 Å². The van der Waals surface area contributed by atoms with Gasteiger partial charge in [0.05, 0.1) is 0 Å². The van der Waals surface area contributed by atoms with E-state index < -0.39 is 35.5 Å². The van der Waals surface area contributed by atoms with Crippen LogP contribution in [0, 0.1) is 5.82 Å². The van der Waals surface area contributed by atoms with E-state index >= 15 is 0 Å². The summed E-state index contributed by atoms with van der Waals surface area (Å²) in [6.45, 7) is 0. The number of alkyl halides is 4. The van der Waals surface area contributed by atoms with Gasteiger partial charge in [0.15, 0.2) is 5.82 Å². The lowest BCUT2D eigenvalue weighted by Gasteiger charge is -2.12. The Morgan fingerprint density at radius 3 is 2.33 bits per heavy atom. The van der Waals surface area contributed by atoms with Gasteiger partial charge < -0.3 is 5.11 Å². The first-order chi connectivity index (χ1) is 6.78. The zero-order chi connectivity index (χ0) is 11.8. The van der Waals surface area contributed by atoms with Crippen molar-refractivity contribution in [3.05, 3.63) is 17.2 Å². The molecule has 1 aromatic heterocycles. The van der Waals surface area contributed by atoms with E-state index in [-0.39, 0.29) is 0 Å². The number of carbonyl (C=O) groups is 1. The van der Waals surface area contributed by atoms with Crippen molar-refractivity contribution >= 4 is 5.97 Å². The first-order valence-electron chi connectivity index (χ1n) is 3.42. The highest BCUT2D eigenvalue weighted by Crippen LogP contribution is 2.35. The van der Waals surface area contributed by atoms with Crippen LogP contribution in [0.3, 0.4) is 0 Å². The molecule has 0 aliphatic carbocycles. The Labute approximate surface area is 78.7 Å². The van der Waals surface area contributed by atoms with E-state index in [1.54, 1.807) is 0 Å². The van der Waals surface area contributed by atoms with Crippen molar-refractivity contribution in [1.29, 1.82) is 0 Å². The number of hydrogen-bond donors (Lipinski definition) is 2. The second kappa shape index (κ2) is 3.48. The number of aromatic amines is 1. The van der Waals surface area contributed by atoms with Gasteiger partial charge in [0.2, 0.25) is 5.69 Å². The highest BCUT2D eigenvalue weighted by Gasteiger charge is 2.47. The number of carboxylic acid groups (broad SMARTS) is 1. The summed E-state index contributed by atoms with van der Waals surface area (Å²) >= 11 is 0. The standard InChI is InChI=1S/C6H3F5N2O2/c7-1-2(4(14)15)12-13-3(1)6(10,11)5(8)9/h5H,(H,12,13)(H,14,15). The average Bonchev–Trinajstić information content (AvgIpc) is 2.46. The average molecular weight is 230 g/mol. The van der Waals surface area contributed by atoms with Gasteiger partial charge in [0.1, 0.15) is 5.69 Å². The van der Waals surface area contributed by atoms with Crippen molar-refractivity contribution in [2.24, 2.45) is 0 Å². The lowest BCUT2D eigenvalue weighted by atomic mass is 10.2. The summed E-state index contributed by atoms with van der Waals surface area (Å²) in [4.78, 5) is 10.2. The zero-order valence-electron chi connectivity index (χ0n) is 6.77. The van der Waals surface area contributed by atoms with Crippen LogP contribution in [0.4, 0.5) is 22.0 Å². The molecule has 1 heterocycles. The lowest BCUT2D eigenvalue weighted by molar-refractivity contribution is -0.139. The van der Waals surface area contributed by atoms with Gasteiger partial charge in [-0.1, -0.05) is 0 Å². The summed E-state index contributed by atoms with van der Waals surface area (Å²) < 4.78 is 61.5. The molecule has 2 N–H and O–H groups in total. The fraction of sp³-hybridized carbons (Fsp3) is 0.333. The van der Waals surface area contributed by atoms with E-state index in [9.17, 15) is 26.7 Å². The van der Waals surface area contributed by atoms with Crippen LogP contribution in [0.5, 0.6) is 0 Å². The molecular formula is C6H3F5N2O2. The SMILES string of the molecule is O=C(O)c1n[nH]c(C(F)(F)C(F)F)c1F. The minimum Gasteiger partial charge on any atom is -0.476 e. The van der Waals surface area contributed by atoms with Crippen LogP contribution in [0.2, 0.25) is 0 Å². The fourth-order valence-electron chi connectivity index (χ4n) is 0.800. The smallest absolute Gasteiger partial charge is 0.359 e. The minimum absolute atomic E-state index is 1.24. The van der Waals surface area contributed by atoms with Gasteiger partial charge in [-0.15, -0.1) is 0 Å². The van der Waals surface area contributed by atoms with Crippen LogP contribution in [-0.4, -0.2) is 27.7 Å². The number of nitrogens with zero attached hydrogens (tertiary/aromatic N) is 1. The molecule has 0 aromatic carbocycles. The van der Waals surface area contributed by atoms with Crippen molar-refractivity contribution in [3.63, 3.8) is 0 Å². The molecule has 9 heteroatoms. The molecule has 0 aliphatic rings. The number of aromatic nitrogens is 2. The Balaban J connectivity index is 3.23. The normalized spacial score (nSPS) is 12.1. The zero-order valence-corrected chi connectivity index (χ0v) is 6.77. The van der Waals surface area contributed by atoms with Crippen LogP contribution >= 0.6 is 0 Å². The molecular weight excluding hydrogens is 227 g/mol. The van der Waals surface area contributed by atoms with Gasteiger partial charge in [-0.05, 0) is 0 Å². The first kappa shape index (κ1) is 11.4. The Hall–Kier alpha value is -1.67. The van der Waals surface area contributed by atoms with Crippen LogP contribution in [0.15, 0.2) is 0 Å². The second-order valence-corrected chi connectivity index (χ2v) is 2.49. The summed E-state index contributed by atoms with van der Waals surface area (Å²) in [6.07, 6.45) is -4.16. The highest BCUT2D eigenvalue weighted by atomic mass is 19.3. The van der Waals surface area contributed by atoms with E-state index in [2.05, 4.69) is 5.10 Å². The van der Waals surface area contributed by atoms with E-state index in [0.717, 1.165) is 0 Å². The van der Waals surface area contributed by atoms with Crippen molar-refractivity contribution in [2.45, 2.75) is 12.3 Å². The molecule has 0 atom stereocenters. The van der Waals surface area contributed by atoms with E-state index in [0.29, 0.717) is 0 Å². The number of nitrogens with one attached hydrogen (secondary N) is 1. The third kappa shape index (κ3) is 1.76. The number of aromatic carboxylic acids is 1. The first-order valence-corrected chi connectivity index (χ1v) is 3.42. The molecule has 0 radical (unpaired) electrons. The molecule has 1 aromatic rings. The van der Waals surface area contributed by atoms with Gasteiger partial charge in [0.25, 0.3) is 0 Å². The number of carboxylic acids is 1. The number of rotatable bonds is 3. The summed E-state index contributed by atoms with van der Waals surface area (Å²) in [5.41, 5.74) is -3.19. The molecule has 1 rings (SSSR count). The van der Waals surface area contributed by atoms with Crippen LogP contribution < -0.4 is 0 Å². The van der Waals surface area contributed by atoms with E-state index in [4.69, 9.17) is 5.11 Å². The summed E-state index contributed by atoms with van der Waals surface area (Å²) in [5.74, 6) is -8.72. The number of hydrogen-bond acceptors (Lipinski definition) is 2. The highest BCUT2D eigenvalue weighted by molar-refractivity contribution is 5.85. The van der Waals surface area contributed by atoms with Gasteiger partial charge in [-0.3, -0.25) is 5.10 Å². The molecule has 0 spiro atoms. The quantitative estimate of drug-likeness (QED) is 0.775. The summed E-state index contributed by atoms with van der Waals surface area (Å²) in [5, 5.41) is 12.1. The molecule has 84 valence electrons. The summed E-state index contributed by atoms with van der Waals surface area (Å²) in [7, 11) is 0. The van der Waals surface area contributed by atoms with Gasteiger partial charge in [-0.2, -0.15) is 13.9 Å². The maximum Gasteiger partial charge on any atom is 0.359 e. The van der Waals surface area contributed by atoms with Crippen molar-refractivity contribution < 1.29 is 31.9 Å². The van der Waals surface area contributed by atoms with E-state index in [1.165, 1.54) is 5.10 Å². The van der Waals surface area contributed by atoms with Crippen molar-refractivity contribution in [1.82, 2.24) is 10.2 Å². The van der Waals surface area contributed by atoms with Crippen LogP contribution in [0.1, 0.15) is 16.2 Å². The third-order valence-electron chi connectivity index (χ3n) is 1.52. The van der Waals surface area contributed by atoms with Crippen molar-refractivity contribution in [2.75, 3.05) is 0 Å². The lowest BCUT2D eigenvalue weighted by Crippen LogP contribution is -2.25. The minimum atomic E-state index is -4.80. The topological polar surface area (TPSA) is 66.0 Å². The molecule has 0 aliphatic heterocycles. The number of halogens is 5. The van der Waals surface area contributed by atoms with Gasteiger partial charge >= 0.3 is 18.3 Å². The molecule has 0 saturated carbocycles. The van der Waals surface area contributed by atoms with Gasteiger partial charge in [0, 0.05) is 0 Å². The Bertz CT molecular complexity index is 389. The molecule has 4 nitrogen and oxygen atoms in total. The molecule has 15 heavy (non-hydrogen) atoms. The number of H-pyrrole nitrogens is 1. The maximum absolute atomic E-state index is 12.9. The monoisotopic (exact) mass is 230 g/mol. The predicted octanol–water partition coefficient (Wildman–Crippen LogP) is 1.60. The van der Waals surface area contributed by atoms with Gasteiger partial charge in [-0.25, -0.2) is 18.0 Å². The molecule has 0 amide bonds. The Morgan fingerprint density at radius 1 is 1.47 bits per heavy atom.